The molecule has 1 aliphatic rings. The van der Waals surface area contributed by atoms with Gasteiger partial charge in [0.2, 0.25) is 0 Å². The summed E-state index contributed by atoms with van der Waals surface area (Å²) in [6.07, 6.45) is 5.26. The van der Waals surface area contributed by atoms with Crippen molar-refractivity contribution in [1.82, 2.24) is 10.6 Å². The molecule has 1 amide bonds. The lowest BCUT2D eigenvalue weighted by Crippen LogP contribution is -2.45. The van der Waals surface area contributed by atoms with Crippen molar-refractivity contribution in [2.75, 3.05) is 7.05 Å². The lowest BCUT2D eigenvalue weighted by Gasteiger charge is -2.29. The van der Waals surface area contributed by atoms with Gasteiger partial charge in [-0.25, -0.2) is 5.53 Å². The number of hydrogen-bond donors (Lipinski definition) is 4. The highest BCUT2D eigenvalue weighted by Crippen LogP contribution is 2.32. The van der Waals surface area contributed by atoms with Gasteiger partial charge < -0.3 is 20.5 Å². The quantitative estimate of drug-likeness (QED) is 0.369. The zero-order chi connectivity index (χ0) is 25.5. The van der Waals surface area contributed by atoms with Crippen LogP contribution in [-0.2, 0) is 6.42 Å². The molecule has 1 saturated carbocycles. The van der Waals surface area contributed by atoms with Crippen molar-refractivity contribution in [2.45, 2.75) is 78.0 Å². The lowest BCUT2D eigenvalue weighted by molar-refractivity contribution is 0.0713. The molecule has 2 aromatic carbocycles. The van der Waals surface area contributed by atoms with E-state index in [0.717, 1.165) is 47.1 Å². The first-order chi connectivity index (χ1) is 16.7. The first kappa shape index (κ1) is 26.4. The fraction of sp³-hybridized carbons (Fsp3) is 0.464. The van der Waals surface area contributed by atoms with Gasteiger partial charge in [-0.2, -0.15) is 5.11 Å². The van der Waals surface area contributed by atoms with E-state index >= 15 is 0 Å². The Labute approximate surface area is 208 Å². The van der Waals surface area contributed by atoms with Gasteiger partial charge >= 0.3 is 0 Å². The molecule has 7 nitrogen and oxygen atoms in total. The Balaban J connectivity index is 1.93. The number of amides is 1. The molecule has 188 valence electrons. The summed E-state index contributed by atoms with van der Waals surface area (Å²) in [6.45, 7) is 7.97. The molecule has 1 fully saturated rings. The van der Waals surface area contributed by atoms with Crippen molar-refractivity contribution >= 4 is 11.6 Å². The number of carbonyl (C=O) groups excluding carboxylic acids is 1. The molecule has 0 aromatic heterocycles. The van der Waals surface area contributed by atoms with E-state index in [-0.39, 0.29) is 18.1 Å². The molecule has 0 aliphatic heterocycles. The Morgan fingerprint density at radius 2 is 1.89 bits per heavy atom. The number of hydrogen-bond acceptors (Lipinski definition) is 6. The van der Waals surface area contributed by atoms with Gasteiger partial charge in [-0.05, 0) is 75.3 Å². The lowest BCUT2D eigenvalue weighted by atomic mass is 9.91. The number of nitrogens with one attached hydrogen (secondary N) is 3. The summed E-state index contributed by atoms with van der Waals surface area (Å²) in [7, 11) is 1.78. The normalized spacial score (nSPS) is 18.3. The van der Waals surface area contributed by atoms with Crippen LogP contribution < -0.4 is 15.4 Å². The second-order valence-electron chi connectivity index (χ2n) is 9.56. The minimum Gasteiger partial charge on any atom is -0.490 e. The number of ether oxygens (including phenoxy) is 1. The highest BCUT2D eigenvalue weighted by atomic mass is 16.5. The summed E-state index contributed by atoms with van der Waals surface area (Å²) in [5.74, 6) is 0.406. The Morgan fingerprint density at radius 1 is 1.20 bits per heavy atom. The fourth-order valence-corrected chi connectivity index (χ4v) is 4.56. The van der Waals surface area contributed by atoms with Gasteiger partial charge in [-0.15, -0.1) is 0 Å². The molecule has 35 heavy (non-hydrogen) atoms. The van der Waals surface area contributed by atoms with Crippen LogP contribution >= 0.6 is 0 Å². The predicted octanol–water partition coefficient (Wildman–Crippen LogP) is 5.26. The van der Waals surface area contributed by atoms with Crippen LogP contribution in [-0.4, -0.2) is 36.3 Å². The van der Waals surface area contributed by atoms with Gasteiger partial charge in [0.05, 0.1) is 23.8 Å². The highest BCUT2D eigenvalue weighted by molar-refractivity contribution is 5.98. The maximum Gasteiger partial charge on any atom is 0.255 e. The van der Waals surface area contributed by atoms with E-state index in [1.165, 1.54) is 0 Å². The SMILES string of the molecule is CN/C=C(\N=N)c1ccc(Cc2cc(C(=O)N[C@H]3CCCC[C@@H]3O)c(OC(C)C)c(C)c2C)cc1. The Bertz CT molecular complexity index is 1080. The van der Waals surface area contributed by atoms with Crippen molar-refractivity contribution in [2.24, 2.45) is 5.11 Å². The molecule has 1 aliphatic carbocycles. The number of aliphatic hydroxyl groups excluding tert-OH is 1. The van der Waals surface area contributed by atoms with Crippen LogP contribution in [0.1, 0.15) is 77.7 Å². The minimum atomic E-state index is -0.510. The number of carbonyl (C=O) groups is 1. The van der Waals surface area contributed by atoms with Crippen LogP contribution in [0.3, 0.4) is 0 Å². The highest BCUT2D eigenvalue weighted by Gasteiger charge is 2.27. The summed E-state index contributed by atoms with van der Waals surface area (Å²) in [6, 6.07) is 9.65. The average molecular weight is 479 g/mol. The standard InChI is InChI=1S/C28H38N4O3/c1-17(2)35-27-19(4)18(3)22(14-20-10-12-21(13-11-20)25(32-29)16-30-5)15-23(27)28(34)31-24-8-6-7-9-26(24)33/h10-13,15-17,24,26,29-30,33H,6-9,14H2,1-5H3,(H,31,34)/b25-16-,32-29?/t24-,26-/m0/s1. The number of rotatable bonds is 9. The molecule has 0 heterocycles. The third-order valence-corrected chi connectivity index (χ3v) is 6.64. The molecule has 0 radical (unpaired) electrons. The molecular formula is C28H38N4O3. The zero-order valence-corrected chi connectivity index (χ0v) is 21.4. The van der Waals surface area contributed by atoms with Crippen molar-refractivity contribution < 1.29 is 14.6 Å². The van der Waals surface area contributed by atoms with Crippen molar-refractivity contribution in [3.63, 3.8) is 0 Å². The van der Waals surface area contributed by atoms with E-state index in [4.69, 9.17) is 10.3 Å². The molecule has 2 atom stereocenters. The van der Waals surface area contributed by atoms with Gasteiger partial charge in [0, 0.05) is 18.8 Å². The number of nitrogens with zero attached hydrogens (tertiary/aromatic N) is 1. The molecule has 3 rings (SSSR count). The van der Waals surface area contributed by atoms with Crippen LogP contribution in [0.25, 0.3) is 5.70 Å². The average Bonchev–Trinajstić information content (AvgIpc) is 2.84. The molecule has 7 heteroatoms. The molecule has 0 bridgehead atoms. The van der Waals surface area contributed by atoms with Crippen molar-refractivity contribution in [1.29, 1.82) is 5.53 Å². The molecule has 0 saturated heterocycles. The Morgan fingerprint density at radius 3 is 2.49 bits per heavy atom. The Kier molecular flexibility index (Phi) is 9.04. The second kappa shape index (κ2) is 12.0. The van der Waals surface area contributed by atoms with E-state index in [9.17, 15) is 9.90 Å². The third kappa shape index (κ3) is 6.48. The summed E-state index contributed by atoms with van der Waals surface area (Å²) >= 11 is 0. The smallest absolute Gasteiger partial charge is 0.255 e. The van der Waals surface area contributed by atoms with E-state index in [2.05, 4.69) is 22.7 Å². The fourth-order valence-electron chi connectivity index (χ4n) is 4.56. The molecule has 0 unspecified atom stereocenters. The molecule has 2 aromatic rings. The van der Waals surface area contributed by atoms with Crippen molar-refractivity contribution in [3.8, 4) is 5.75 Å². The van der Waals surface area contributed by atoms with Crippen LogP contribution in [0.4, 0.5) is 0 Å². The summed E-state index contributed by atoms with van der Waals surface area (Å²) < 4.78 is 6.11. The largest absolute Gasteiger partial charge is 0.490 e. The number of aliphatic hydroxyl groups is 1. The maximum atomic E-state index is 13.4. The molecule has 0 spiro atoms. The van der Waals surface area contributed by atoms with Gasteiger partial charge in [-0.3, -0.25) is 4.79 Å². The van der Waals surface area contributed by atoms with E-state index in [0.29, 0.717) is 29.9 Å². The summed E-state index contributed by atoms with van der Waals surface area (Å²) in [4.78, 5) is 13.4. The second-order valence-corrected chi connectivity index (χ2v) is 9.56. The monoisotopic (exact) mass is 478 g/mol. The zero-order valence-electron chi connectivity index (χ0n) is 21.4. The van der Waals surface area contributed by atoms with Crippen LogP contribution in [0.15, 0.2) is 41.6 Å². The first-order valence-corrected chi connectivity index (χ1v) is 12.4. The van der Waals surface area contributed by atoms with Gasteiger partial charge in [0.15, 0.2) is 0 Å². The van der Waals surface area contributed by atoms with Crippen molar-refractivity contribution in [3.05, 3.63) is 69.9 Å². The van der Waals surface area contributed by atoms with Crippen LogP contribution in [0.2, 0.25) is 0 Å². The van der Waals surface area contributed by atoms with E-state index < -0.39 is 6.10 Å². The number of benzene rings is 2. The van der Waals surface area contributed by atoms with Gasteiger partial charge in [0.1, 0.15) is 11.4 Å². The van der Waals surface area contributed by atoms with Gasteiger partial charge in [-0.1, -0.05) is 37.1 Å². The first-order valence-electron chi connectivity index (χ1n) is 12.4. The summed E-state index contributed by atoms with van der Waals surface area (Å²) in [5.41, 5.74) is 13.5. The minimum absolute atomic E-state index is 0.0689. The summed E-state index contributed by atoms with van der Waals surface area (Å²) in [5, 5.41) is 19.9. The van der Waals surface area contributed by atoms with E-state index in [1.807, 2.05) is 51.1 Å². The van der Waals surface area contributed by atoms with Crippen LogP contribution in [0, 0.1) is 19.4 Å². The topological polar surface area (TPSA) is 107 Å². The molecular weight excluding hydrogens is 440 g/mol. The predicted molar refractivity (Wildman–Crippen MR) is 139 cm³/mol. The van der Waals surface area contributed by atoms with Crippen LogP contribution in [0.5, 0.6) is 5.75 Å². The third-order valence-electron chi connectivity index (χ3n) is 6.64. The Hall–Kier alpha value is -3.19. The maximum absolute atomic E-state index is 13.4. The molecule has 4 N–H and O–H groups in total. The van der Waals surface area contributed by atoms with Gasteiger partial charge in [0.25, 0.3) is 5.91 Å². The van der Waals surface area contributed by atoms with E-state index in [1.54, 1.807) is 13.2 Å².